The predicted octanol–water partition coefficient (Wildman–Crippen LogP) is 3.87. The minimum absolute atomic E-state index is 0.144. The van der Waals surface area contributed by atoms with Gasteiger partial charge in [-0.05, 0) is 42.5 Å². The van der Waals surface area contributed by atoms with Crippen LogP contribution in [0.2, 0.25) is 0 Å². The third-order valence-corrected chi connectivity index (χ3v) is 5.15. The van der Waals surface area contributed by atoms with Gasteiger partial charge in [-0.1, -0.05) is 6.07 Å². The number of carbonyl (C=O) groups is 1. The first-order valence-corrected chi connectivity index (χ1v) is 10.3. The molecule has 1 aromatic carbocycles. The number of pyridine rings is 2. The second kappa shape index (κ2) is 8.51. The fourth-order valence-electron chi connectivity index (χ4n) is 3.50. The number of aromatic nitrogens is 5. The fraction of sp³-hybridized carbons (Fsp3) is 0.0800. The number of ketones is 1. The third kappa shape index (κ3) is 4.27. The number of nitrogens with zero attached hydrogens (tertiary/aromatic N) is 5. The van der Waals surface area contributed by atoms with Gasteiger partial charge in [0, 0.05) is 43.5 Å². The molecule has 0 aliphatic rings. The summed E-state index contributed by atoms with van der Waals surface area (Å²) in [4.78, 5) is 38.3. The van der Waals surface area contributed by atoms with Crippen LogP contribution in [-0.4, -0.2) is 29.9 Å². The van der Waals surface area contributed by atoms with Crippen LogP contribution in [0.3, 0.4) is 0 Å². The third-order valence-electron chi connectivity index (χ3n) is 5.15. The quantitative estimate of drug-likeness (QED) is 0.375. The molecule has 0 amide bonds. The Morgan fingerprint density at radius 3 is 2.64 bits per heavy atom. The lowest BCUT2D eigenvalue weighted by atomic mass is 10.2. The van der Waals surface area contributed by atoms with Gasteiger partial charge in [-0.3, -0.25) is 24.1 Å². The molecule has 8 nitrogen and oxygen atoms in total. The number of Topliss-reactive ketones (excluding diaryl/α,β-unsaturated/α-hetero) is 1. The smallest absolute Gasteiger partial charge is 0.261 e. The first kappa shape index (κ1) is 20.3. The Hall–Kier alpha value is -4.59. The van der Waals surface area contributed by atoms with E-state index in [-0.39, 0.29) is 17.9 Å². The van der Waals surface area contributed by atoms with Crippen molar-refractivity contribution in [3.63, 3.8) is 0 Å². The molecule has 4 heterocycles. The van der Waals surface area contributed by atoms with Gasteiger partial charge in [-0.2, -0.15) is 0 Å². The summed E-state index contributed by atoms with van der Waals surface area (Å²) < 4.78 is 9.23. The normalized spacial score (nSPS) is 10.9. The second-order valence-corrected chi connectivity index (χ2v) is 7.54. The van der Waals surface area contributed by atoms with E-state index in [1.165, 1.54) is 10.9 Å². The molecule has 0 saturated heterocycles. The van der Waals surface area contributed by atoms with Crippen molar-refractivity contribution in [2.24, 2.45) is 7.05 Å². The van der Waals surface area contributed by atoms with Gasteiger partial charge >= 0.3 is 0 Å². The van der Waals surface area contributed by atoms with Gasteiger partial charge in [0.25, 0.3) is 5.56 Å². The summed E-state index contributed by atoms with van der Waals surface area (Å²) >= 11 is 0. The molecule has 8 heteroatoms. The molecule has 0 spiro atoms. The van der Waals surface area contributed by atoms with Crippen molar-refractivity contribution in [3.05, 3.63) is 102 Å². The van der Waals surface area contributed by atoms with Crippen molar-refractivity contribution in [1.82, 2.24) is 24.1 Å². The van der Waals surface area contributed by atoms with Crippen LogP contribution in [0.25, 0.3) is 22.2 Å². The van der Waals surface area contributed by atoms with Gasteiger partial charge in [0.05, 0.1) is 29.5 Å². The van der Waals surface area contributed by atoms with Crippen LogP contribution in [0.4, 0.5) is 0 Å². The molecule has 0 aliphatic heterocycles. The Kier molecular flexibility index (Phi) is 5.24. The standard InChI is InChI=1S/C25H19N5O3/c1-29-11-8-17(14-29)23-13-19(7-10-27-23)33-18-5-6-21-20(12-18)25(32)30(16-28-21)15-24(31)22-4-2-3-9-26-22/h2-14,16H,15H2,1H3. The van der Waals surface area contributed by atoms with Crippen LogP contribution >= 0.6 is 0 Å². The van der Waals surface area contributed by atoms with Crippen molar-refractivity contribution < 1.29 is 9.53 Å². The molecule has 0 N–H and O–H groups in total. The highest BCUT2D eigenvalue weighted by Crippen LogP contribution is 2.27. The highest BCUT2D eigenvalue weighted by molar-refractivity contribution is 5.94. The van der Waals surface area contributed by atoms with E-state index in [9.17, 15) is 9.59 Å². The first-order chi connectivity index (χ1) is 16.1. The van der Waals surface area contributed by atoms with Gasteiger partial charge in [0.15, 0.2) is 0 Å². The van der Waals surface area contributed by atoms with E-state index in [1.807, 2.05) is 36.1 Å². The molecule has 5 rings (SSSR count). The lowest BCUT2D eigenvalue weighted by molar-refractivity contribution is 0.0966. The summed E-state index contributed by atoms with van der Waals surface area (Å²) in [5.41, 5.74) is 2.26. The molecule has 0 unspecified atom stereocenters. The molecule has 0 aliphatic carbocycles. The van der Waals surface area contributed by atoms with E-state index >= 15 is 0 Å². The molecule has 4 aromatic heterocycles. The van der Waals surface area contributed by atoms with Crippen molar-refractivity contribution in [3.8, 4) is 22.8 Å². The highest BCUT2D eigenvalue weighted by atomic mass is 16.5. The number of rotatable bonds is 6. The van der Waals surface area contributed by atoms with Crippen LogP contribution in [-0.2, 0) is 13.6 Å². The van der Waals surface area contributed by atoms with Crippen LogP contribution in [0, 0.1) is 0 Å². The topological polar surface area (TPSA) is 91.9 Å². The van der Waals surface area contributed by atoms with Crippen molar-refractivity contribution in [2.75, 3.05) is 0 Å². The number of benzene rings is 1. The van der Waals surface area contributed by atoms with Crippen molar-refractivity contribution in [1.29, 1.82) is 0 Å². The molecule has 162 valence electrons. The van der Waals surface area contributed by atoms with Gasteiger partial charge in [-0.15, -0.1) is 0 Å². The summed E-state index contributed by atoms with van der Waals surface area (Å²) in [5.74, 6) is 0.814. The van der Waals surface area contributed by atoms with Crippen LogP contribution in [0.1, 0.15) is 10.5 Å². The Morgan fingerprint density at radius 2 is 1.85 bits per heavy atom. The Morgan fingerprint density at radius 1 is 0.970 bits per heavy atom. The fourth-order valence-corrected chi connectivity index (χ4v) is 3.50. The van der Waals surface area contributed by atoms with E-state index in [0.717, 1.165) is 11.3 Å². The molecule has 0 saturated carbocycles. The molecule has 0 radical (unpaired) electrons. The monoisotopic (exact) mass is 437 g/mol. The average molecular weight is 437 g/mol. The number of fused-ring (bicyclic) bond motifs is 1. The Labute approximate surface area is 188 Å². The van der Waals surface area contributed by atoms with E-state index in [2.05, 4.69) is 15.0 Å². The largest absolute Gasteiger partial charge is 0.457 e. The molecule has 0 fully saturated rings. The van der Waals surface area contributed by atoms with Crippen molar-refractivity contribution >= 4 is 16.7 Å². The predicted molar refractivity (Wildman–Crippen MR) is 123 cm³/mol. The van der Waals surface area contributed by atoms with E-state index in [1.54, 1.807) is 54.9 Å². The molecule has 0 bridgehead atoms. The Balaban J connectivity index is 1.43. The zero-order valence-electron chi connectivity index (χ0n) is 17.8. The summed E-state index contributed by atoms with van der Waals surface area (Å²) in [6.45, 7) is -0.144. The zero-order valence-corrected chi connectivity index (χ0v) is 17.8. The minimum Gasteiger partial charge on any atom is -0.457 e. The maximum Gasteiger partial charge on any atom is 0.261 e. The van der Waals surface area contributed by atoms with E-state index in [4.69, 9.17) is 4.74 Å². The van der Waals surface area contributed by atoms with Crippen LogP contribution in [0.15, 0.2) is 90.5 Å². The summed E-state index contributed by atoms with van der Waals surface area (Å²) in [6.07, 6.45) is 8.52. The van der Waals surface area contributed by atoms with Gasteiger partial charge in [0.2, 0.25) is 5.78 Å². The molecular weight excluding hydrogens is 418 g/mol. The minimum atomic E-state index is -0.325. The van der Waals surface area contributed by atoms with Crippen LogP contribution < -0.4 is 10.3 Å². The molecule has 0 atom stereocenters. The first-order valence-electron chi connectivity index (χ1n) is 10.3. The molecule has 33 heavy (non-hydrogen) atoms. The number of aryl methyl sites for hydroxylation is 1. The highest BCUT2D eigenvalue weighted by Gasteiger charge is 2.12. The Bertz CT molecular complexity index is 1520. The number of carbonyl (C=O) groups excluding carboxylic acids is 1. The maximum atomic E-state index is 13.0. The summed E-state index contributed by atoms with van der Waals surface area (Å²) in [6, 6.07) is 15.7. The lowest BCUT2D eigenvalue weighted by Crippen LogP contribution is -2.25. The van der Waals surface area contributed by atoms with Gasteiger partial charge in [-0.25, -0.2) is 4.98 Å². The second-order valence-electron chi connectivity index (χ2n) is 7.54. The van der Waals surface area contributed by atoms with Gasteiger partial charge < -0.3 is 9.30 Å². The van der Waals surface area contributed by atoms with E-state index in [0.29, 0.717) is 28.1 Å². The molecule has 5 aromatic rings. The lowest BCUT2D eigenvalue weighted by Gasteiger charge is -2.09. The molecular formula is C25H19N5O3. The zero-order chi connectivity index (χ0) is 22.8. The number of hydrogen-bond donors (Lipinski definition) is 0. The summed E-state index contributed by atoms with van der Waals surface area (Å²) in [7, 11) is 1.95. The van der Waals surface area contributed by atoms with Crippen LogP contribution in [0.5, 0.6) is 11.5 Å². The van der Waals surface area contributed by atoms with E-state index < -0.39 is 0 Å². The maximum absolute atomic E-state index is 13.0. The van der Waals surface area contributed by atoms with Crippen molar-refractivity contribution in [2.45, 2.75) is 6.54 Å². The summed E-state index contributed by atoms with van der Waals surface area (Å²) in [5, 5.41) is 0.362. The van der Waals surface area contributed by atoms with Gasteiger partial charge in [0.1, 0.15) is 17.2 Å². The number of hydrogen-bond acceptors (Lipinski definition) is 6. The SMILES string of the molecule is Cn1ccc(-c2cc(Oc3ccc4ncn(CC(=O)c5ccccn5)c(=O)c4c3)ccn2)c1. The average Bonchev–Trinajstić information content (AvgIpc) is 3.28. The number of ether oxygens (including phenoxy) is 1.